The summed E-state index contributed by atoms with van der Waals surface area (Å²) in [6.07, 6.45) is 0.782. The van der Waals surface area contributed by atoms with Crippen molar-refractivity contribution in [3.8, 4) is 6.07 Å². The molecule has 1 rings (SSSR count). The summed E-state index contributed by atoms with van der Waals surface area (Å²) in [7, 11) is 0. The number of hydrogen-bond donors (Lipinski definition) is 1. The lowest BCUT2D eigenvalue weighted by molar-refractivity contribution is -0.119. The van der Waals surface area contributed by atoms with E-state index in [0.29, 0.717) is 16.3 Å². The summed E-state index contributed by atoms with van der Waals surface area (Å²) in [6.45, 7) is 3.81. The molecule has 1 amide bonds. The summed E-state index contributed by atoms with van der Waals surface area (Å²) >= 11 is 5.79. The monoisotopic (exact) mass is 236 g/mol. The molecule has 0 aliphatic rings. The zero-order chi connectivity index (χ0) is 12.1. The molecule has 4 heteroatoms. The second-order valence-electron chi connectivity index (χ2n) is 3.60. The number of anilines is 1. The van der Waals surface area contributed by atoms with Crippen molar-refractivity contribution in [2.24, 2.45) is 5.92 Å². The van der Waals surface area contributed by atoms with E-state index in [1.807, 2.05) is 19.9 Å². The van der Waals surface area contributed by atoms with Crippen molar-refractivity contribution in [3.63, 3.8) is 0 Å². The van der Waals surface area contributed by atoms with Gasteiger partial charge in [0.2, 0.25) is 5.91 Å². The van der Waals surface area contributed by atoms with E-state index < -0.39 is 0 Å². The molecule has 0 aliphatic heterocycles. The highest BCUT2D eigenvalue weighted by Gasteiger charge is 2.11. The Labute approximate surface area is 100 Å². The van der Waals surface area contributed by atoms with Crippen molar-refractivity contribution in [3.05, 3.63) is 28.8 Å². The van der Waals surface area contributed by atoms with E-state index in [1.165, 1.54) is 0 Å². The molecule has 1 atom stereocenters. The lowest BCUT2D eigenvalue weighted by Crippen LogP contribution is -2.19. The maximum Gasteiger partial charge on any atom is 0.227 e. The van der Waals surface area contributed by atoms with Gasteiger partial charge in [0.05, 0.1) is 10.6 Å². The number of carbonyl (C=O) groups excluding carboxylic acids is 1. The van der Waals surface area contributed by atoms with Gasteiger partial charge in [-0.25, -0.2) is 0 Å². The molecule has 0 aliphatic carbocycles. The molecule has 0 unspecified atom stereocenters. The molecule has 0 spiro atoms. The van der Waals surface area contributed by atoms with Crippen molar-refractivity contribution < 1.29 is 4.79 Å². The maximum absolute atomic E-state index is 11.6. The minimum atomic E-state index is -0.0475. The second kappa shape index (κ2) is 5.53. The minimum Gasteiger partial charge on any atom is -0.326 e. The highest BCUT2D eigenvalue weighted by Crippen LogP contribution is 2.20. The molecular formula is C12H13ClN2O. The fourth-order valence-corrected chi connectivity index (χ4v) is 1.30. The number of halogens is 1. The molecular weight excluding hydrogens is 224 g/mol. The Morgan fingerprint density at radius 3 is 2.88 bits per heavy atom. The van der Waals surface area contributed by atoms with Crippen LogP contribution in [0.25, 0.3) is 0 Å². The number of nitrogens with zero attached hydrogens (tertiary/aromatic N) is 1. The van der Waals surface area contributed by atoms with Gasteiger partial charge in [-0.2, -0.15) is 5.26 Å². The van der Waals surface area contributed by atoms with Crippen LogP contribution in [0, 0.1) is 17.2 Å². The highest BCUT2D eigenvalue weighted by atomic mass is 35.5. The molecule has 0 saturated carbocycles. The van der Waals surface area contributed by atoms with E-state index in [1.54, 1.807) is 18.2 Å². The largest absolute Gasteiger partial charge is 0.326 e. The van der Waals surface area contributed by atoms with Crippen LogP contribution in [0.4, 0.5) is 5.69 Å². The summed E-state index contributed by atoms with van der Waals surface area (Å²) in [6, 6.07) is 6.83. The topological polar surface area (TPSA) is 52.9 Å². The highest BCUT2D eigenvalue weighted by molar-refractivity contribution is 6.31. The summed E-state index contributed by atoms with van der Waals surface area (Å²) in [5.41, 5.74) is 0.967. The number of nitriles is 1. The second-order valence-corrected chi connectivity index (χ2v) is 4.01. The van der Waals surface area contributed by atoms with Gasteiger partial charge in [0, 0.05) is 11.6 Å². The van der Waals surface area contributed by atoms with Crippen LogP contribution < -0.4 is 5.32 Å². The number of amides is 1. The van der Waals surface area contributed by atoms with Crippen molar-refractivity contribution in [1.82, 2.24) is 0 Å². The van der Waals surface area contributed by atoms with Crippen molar-refractivity contribution in [1.29, 1.82) is 5.26 Å². The summed E-state index contributed by atoms with van der Waals surface area (Å²) in [5, 5.41) is 11.9. The predicted octanol–water partition coefficient (Wildman–Crippen LogP) is 3.20. The van der Waals surface area contributed by atoms with E-state index in [4.69, 9.17) is 16.9 Å². The smallest absolute Gasteiger partial charge is 0.227 e. The first-order chi connectivity index (χ1) is 7.58. The zero-order valence-corrected chi connectivity index (χ0v) is 10.0. The van der Waals surface area contributed by atoms with Crippen molar-refractivity contribution in [2.45, 2.75) is 20.3 Å². The van der Waals surface area contributed by atoms with Crippen LogP contribution in [0.2, 0.25) is 5.02 Å². The molecule has 3 nitrogen and oxygen atoms in total. The van der Waals surface area contributed by atoms with Crippen LogP contribution in [0.3, 0.4) is 0 Å². The van der Waals surface area contributed by atoms with E-state index in [9.17, 15) is 4.79 Å². The molecule has 0 fully saturated rings. The number of hydrogen-bond acceptors (Lipinski definition) is 2. The Hall–Kier alpha value is -1.53. The predicted molar refractivity (Wildman–Crippen MR) is 64.3 cm³/mol. The Balaban J connectivity index is 2.83. The number of nitrogens with one attached hydrogen (secondary N) is 1. The van der Waals surface area contributed by atoms with Crippen molar-refractivity contribution >= 4 is 23.2 Å². The van der Waals surface area contributed by atoms with Gasteiger partial charge < -0.3 is 5.32 Å². The molecule has 0 aromatic heterocycles. The van der Waals surface area contributed by atoms with E-state index in [0.717, 1.165) is 6.42 Å². The van der Waals surface area contributed by atoms with Crippen LogP contribution in [-0.2, 0) is 4.79 Å². The molecule has 1 aromatic carbocycles. The molecule has 0 radical (unpaired) electrons. The third-order valence-corrected chi connectivity index (χ3v) is 2.74. The standard InChI is InChI=1S/C12H13ClN2O/c1-3-8(2)12(16)15-10-4-5-11(13)9(6-10)7-14/h4-6,8H,3H2,1-2H3,(H,15,16)/t8-/m0/s1. The van der Waals surface area contributed by atoms with Crippen LogP contribution >= 0.6 is 11.6 Å². The molecule has 16 heavy (non-hydrogen) atoms. The Bertz CT molecular complexity index is 437. The Morgan fingerprint density at radius 2 is 2.31 bits per heavy atom. The van der Waals surface area contributed by atoms with Gasteiger partial charge in [0.25, 0.3) is 0 Å². The first-order valence-corrected chi connectivity index (χ1v) is 5.46. The van der Waals surface area contributed by atoms with Crippen LogP contribution in [0.15, 0.2) is 18.2 Å². The lowest BCUT2D eigenvalue weighted by Gasteiger charge is -2.10. The summed E-state index contributed by atoms with van der Waals surface area (Å²) in [5.74, 6) is -0.0880. The van der Waals surface area contributed by atoms with Crippen LogP contribution in [0.5, 0.6) is 0 Å². The fraction of sp³-hybridized carbons (Fsp3) is 0.333. The summed E-state index contributed by atoms with van der Waals surface area (Å²) < 4.78 is 0. The Kier molecular flexibility index (Phi) is 4.33. The maximum atomic E-state index is 11.6. The first-order valence-electron chi connectivity index (χ1n) is 5.09. The van der Waals surface area contributed by atoms with Gasteiger partial charge in [-0.15, -0.1) is 0 Å². The number of benzene rings is 1. The van der Waals surface area contributed by atoms with Gasteiger partial charge in [-0.05, 0) is 24.6 Å². The van der Waals surface area contributed by atoms with Crippen molar-refractivity contribution in [2.75, 3.05) is 5.32 Å². The third kappa shape index (κ3) is 2.98. The van der Waals surface area contributed by atoms with Gasteiger partial charge >= 0.3 is 0 Å². The first kappa shape index (κ1) is 12.5. The molecule has 84 valence electrons. The zero-order valence-electron chi connectivity index (χ0n) is 9.25. The van der Waals surface area contributed by atoms with Crippen LogP contribution in [0.1, 0.15) is 25.8 Å². The molecule has 0 saturated heterocycles. The SMILES string of the molecule is CC[C@H](C)C(=O)Nc1ccc(Cl)c(C#N)c1. The quantitative estimate of drug-likeness (QED) is 0.876. The normalized spacial score (nSPS) is 11.6. The molecule has 0 heterocycles. The average molecular weight is 237 g/mol. The Morgan fingerprint density at radius 1 is 1.62 bits per heavy atom. The summed E-state index contributed by atoms with van der Waals surface area (Å²) in [4.78, 5) is 11.6. The molecule has 0 bridgehead atoms. The van der Waals surface area contributed by atoms with Gasteiger partial charge in [0.1, 0.15) is 6.07 Å². The van der Waals surface area contributed by atoms with Gasteiger partial charge in [0.15, 0.2) is 0 Å². The van der Waals surface area contributed by atoms with Crippen LogP contribution in [-0.4, -0.2) is 5.91 Å². The van der Waals surface area contributed by atoms with E-state index >= 15 is 0 Å². The lowest BCUT2D eigenvalue weighted by atomic mass is 10.1. The number of rotatable bonds is 3. The number of carbonyl (C=O) groups is 1. The third-order valence-electron chi connectivity index (χ3n) is 2.41. The molecule has 1 N–H and O–H groups in total. The van der Waals surface area contributed by atoms with Gasteiger partial charge in [-0.1, -0.05) is 25.4 Å². The minimum absolute atomic E-state index is 0.0405. The molecule has 1 aromatic rings. The van der Waals surface area contributed by atoms with Gasteiger partial charge in [-0.3, -0.25) is 4.79 Å². The average Bonchev–Trinajstić information content (AvgIpc) is 2.30. The van der Waals surface area contributed by atoms with E-state index in [2.05, 4.69) is 5.32 Å². The van der Waals surface area contributed by atoms with E-state index in [-0.39, 0.29) is 11.8 Å². The fourth-order valence-electron chi connectivity index (χ4n) is 1.14.